The standard InChI is InChI=1S/C30H40N4O4/c1-19(2)17-25-28(35)32-16-15-21-11-13-23(14-12-21)38-27(20(3)4)26(30(37)33-25)34-29(36)24(31-5)18-22-9-7-6-8-10-22/h6-16,19-20,24-27,31H,17-18H2,1-5H3,(H,32,35)(H,33,37)(H,34,36)/b16-15-/t24-,25-,26-,27-/m1/s1. The van der Waals surface area contributed by atoms with Crippen LogP contribution in [0.25, 0.3) is 6.08 Å². The third kappa shape index (κ3) is 8.18. The normalized spacial score (nSPS) is 21.7. The van der Waals surface area contributed by atoms with Crippen LogP contribution in [0, 0.1) is 11.8 Å². The Morgan fingerprint density at radius 3 is 2.26 bits per heavy atom. The summed E-state index contributed by atoms with van der Waals surface area (Å²) in [5.41, 5.74) is 1.89. The van der Waals surface area contributed by atoms with Crippen LogP contribution in [0.2, 0.25) is 0 Å². The molecule has 204 valence electrons. The number of benzene rings is 2. The van der Waals surface area contributed by atoms with Gasteiger partial charge in [0, 0.05) is 6.20 Å². The number of rotatable bonds is 8. The van der Waals surface area contributed by atoms with E-state index in [0.29, 0.717) is 18.6 Å². The van der Waals surface area contributed by atoms with E-state index in [1.807, 2.05) is 82.3 Å². The highest BCUT2D eigenvalue weighted by molar-refractivity contribution is 5.94. The number of likely N-dealkylation sites (N-methyl/N-ethyl adjacent to an activating group) is 1. The van der Waals surface area contributed by atoms with Crippen molar-refractivity contribution >= 4 is 23.8 Å². The van der Waals surface area contributed by atoms with Crippen molar-refractivity contribution in [1.82, 2.24) is 21.3 Å². The van der Waals surface area contributed by atoms with Crippen LogP contribution in [0.3, 0.4) is 0 Å². The van der Waals surface area contributed by atoms with Crippen molar-refractivity contribution in [1.29, 1.82) is 0 Å². The molecule has 8 heteroatoms. The summed E-state index contributed by atoms with van der Waals surface area (Å²) in [5.74, 6) is -0.493. The van der Waals surface area contributed by atoms with Crippen molar-refractivity contribution in [2.45, 2.75) is 64.8 Å². The summed E-state index contributed by atoms with van der Waals surface area (Å²) >= 11 is 0. The second-order valence-electron chi connectivity index (χ2n) is 10.4. The number of hydrogen-bond donors (Lipinski definition) is 4. The maximum atomic E-state index is 13.8. The predicted octanol–water partition coefficient (Wildman–Crippen LogP) is 3.04. The van der Waals surface area contributed by atoms with Gasteiger partial charge in [0.15, 0.2) is 0 Å². The third-order valence-corrected chi connectivity index (χ3v) is 6.51. The largest absolute Gasteiger partial charge is 0.487 e. The minimum absolute atomic E-state index is 0.127. The summed E-state index contributed by atoms with van der Waals surface area (Å²) in [7, 11) is 1.72. The van der Waals surface area contributed by atoms with E-state index in [2.05, 4.69) is 21.3 Å². The molecule has 3 amide bonds. The van der Waals surface area contributed by atoms with Gasteiger partial charge in [0.1, 0.15) is 23.9 Å². The summed E-state index contributed by atoms with van der Waals surface area (Å²) in [6, 6.07) is 14.7. The lowest BCUT2D eigenvalue weighted by molar-refractivity contribution is -0.135. The van der Waals surface area contributed by atoms with Gasteiger partial charge in [-0.3, -0.25) is 14.4 Å². The van der Waals surface area contributed by atoms with Crippen molar-refractivity contribution in [3.63, 3.8) is 0 Å². The molecule has 2 aromatic carbocycles. The molecule has 0 fully saturated rings. The van der Waals surface area contributed by atoms with Crippen LogP contribution in [0.4, 0.5) is 0 Å². The summed E-state index contributed by atoms with van der Waals surface area (Å²) < 4.78 is 6.31. The van der Waals surface area contributed by atoms with E-state index in [-0.39, 0.29) is 23.7 Å². The summed E-state index contributed by atoms with van der Waals surface area (Å²) in [4.78, 5) is 40.3. The van der Waals surface area contributed by atoms with E-state index in [1.54, 1.807) is 19.3 Å². The first-order valence-corrected chi connectivity index (χ1v) is 13.2. The molecular formula is C30H40N4O4. The fourth-order valence-electron chi connectivity index (χ4n) is 4.42. The average Bonchev–Trinajstić information content (AvgIpc) is 2.89. The third-order valence-electron chi connectivity index (χ3n) is 6.51. The molecule has 2 aliphatic rings. The summed E-state index contributed by atoms with van der Waals surface area (Å²) in [6.45, 7) is 7.86. The van der Waals surface area contributed by atoms with E-state index >= 15 is 0 Å². The molecule has 2 bridgehead atoms. The van der Waals surface area contributed by atoms with Gasteiger partial charge < -0.3 is 26.0 Å². The Morgan fingerprint density at radius 1 is 0.974 bits per heavy atom. The Balaban J connectivity index is 1.95. The van der Waals surface area contributed by atoms with Crippen LogP contribution in [0.1, 0.15) is 45.2 Å². The maximum absolute atomic E-state index is 13.8. The molecule has 4 N–H and O–H groups in total. The Labute approximate surface area is 225 Å². The first-order valence-electron chi connectivity index (χ1n) is 13.2. The molecule has 8 nitrogen and oxygen atoms in total. The van der Waals surface area contributed by atoms with Crippen molar-refractivity contribution < 1.29 is 19.1 Å². The van der Waals surface area contributed by atoms with E-state index in [1.165, 1.54) is 0 Å². The topological polar surface area (TPSA) is 109 Å². The van der Waals surface area contributed by atoms with Gasteiger partial charge in [-0.25, -0.2) is 0 Å². The zero-order chi connectivity index (χ0) is 27.7. The SMILES string of the molecule is CN[C@H](Cc1ccccc1)C(=O)N[C@H]1C(=O)N[C@H](CC(C)C)C(=O)N/C=C\c2ccc(cc2)O[C@@H]1C(C)C. The van der Waals surface area contributed by atoms with Crippen LogP contribution in [-0.4, -0.2) is 49.0 Å². The Kier molecular flexibility index (Phi) is 10.5. The number of nitrogens with one attached hydrogen (secondary N) is 4. The average molecular weight is 521 g/mol. The lowest BCUT2D eigenvalue weighted by Gasteiger charge is -2.33. The molecule has 0 aliphatic carbocycles. The maximum Gasteiger partial charge on any atom is 0.247 e. The lowest BCUT2D eigenvalue weighted by Crippen LogP contribution is -2.61. The van der Waals surface area contributed by atoms with E-state index in [9.17, 15) is 14.4 Å². The monoisotopic (exact) mass is 520 g/mol. The minimum Gasteiger partial charge on any atom is -0.487 e. The number of carbonyl (C=O) groups is 3. The molecule has 0 spiro atoms. The molecule has 0 unspecified atom stereocenters. The molecule has 0 saturated carbocycles. The number of fused-ring (bicyclic) bond motifs is 10. The van der Waals surface area contributed by atoms with E-state index < -0.39 is 30.1 Å². The molecule has 2 heterocycles. The number of ether oxygens (including phenoxy) is 1. The van der Waals surface area contributed by atoms with Gasteiger partial charge in [-0.2, -0.15) is 0 Å². The first kappa shape index (κ1) is 28.9. The van der Waals surface area contributed by atoms with Crippen LogP contribution in [0.15, 0.2) is 60.8 Å². The second kappa shape index (κ2) is 13.8. The zero-order valence-electron chi connectivity index (χ0n) is 22.9. The second-order valence-corrected chi connectivity index (χ2v) is 10.4. The van der Waals surface area contributed by atoms with Crippen LogP contribution in [-0.2, 0) is 20.8 Å². The van der Waals surface area contributed by atoms with Crippen molar-refractivity contribution in [3.05, 3.63) is 71.9 Å². The molecule has 0 aromatic heterocycles. The Bertz CT molecular complexity index is 1100. The smallest absolute Gasteiger partial charge is 0.247 e. The zero-order valence-corrected chi connectivity index (χ0v) is 22.9. The molecule has 4 rings (SSSR count). The van der Waals surface area contributed by atoms with E-state index in [0.717, 1.165) is 11.1 Å². The van der Waals surface area contributed by atoms with Crippen LogP contribution in [0.5, 0.6) is 5.75 Å². The highest BCUT2D eigenvalue weighted by atomic mass is 16.5. The fourth-order valence-corrected chi connectivity index (χ4v) is 4.42. The van der Waals surface area contributed by atoms with Crippen molar-refractivity contribution in [3.8, 4) is 5.75 Å². The fraction of sp³-hybridized carbons (Fsp3) is 0.433. The quantitative estimate of drug-likeness (QED) is 0.428. The van der Waals surface area contributed by atoms with Gasteiger partial charge in [0.25, 0.3) is 0 Å². The van der Waals surface area contributed by atoms with Crippen molar-refractivity contribution in [2.24, 2.45) is 11.8 Å². The van der Waals surface area contributed by atoms with Crippen LogP contribution < -0.4 is 26.0 Å². The number of amides is 3. The minimum atomic E-state index is -1.03. The predicted molar refractivity (Wildman–Crippen MR) is 149 cm³/mol. The highest BCUT2D eigenvalue weighted by Gasteiger charge is 2.37. The van der Waals surface area contributed by atoms with Crippen LogP contribution >= 0.6 is 0 Å². The molecule has 4 atom stereocenters. The van der Waals surface area contributed by atoms with Gasteiger partial charge in [-0.15, -0.1) is 0 Å². The molecule has 0 radical (unpaired) electrons. The van der Waals surface area contributed by atoms with Gasteiger partial charge in [0.05, 0.1) is 6.04 Å². The Morgan fingerprint density at radius 2 is 1.66 bits per heavy atom. The van der Waals surface area contributed by atoms with Gasteiger partial charge in [-0.1, -0.05) is 70.2 Å². The molecule has 2 aromatic rings. The lowest BCUT2D eigenvalue weighted by atomic mass is 9.96. The summed E-state index contributed by atoms with van der Waals surface area (Å²) in [6.07, 6.45) is 3.58. The summed E-state index contributed by atoms with van der Waals surface area (Å²) in [5, 5.41) is 11.7. The van der Waals surface area contributed by atoms with Gasteiger partial charge >= 0.3 is 0 Å². The molecule has 2 aliphatic heterocycles. The first-order chi connectivity index (χ1) is 18.2. The highest BCUT2D eigenvalue weighted by Crippen LogP contribution is 2.21. The Hall–Kier alpha value is -3.65. The molecule has 0 saturated heterocycles. The number of hydrogen-bond acceptors (Lipinski definition) is 5. The van der Waals surface area contributed by atoms with E-state index in [4.69, 9.17) is 4.74 Å². The van der Waals surface area contributed by atoms with Crippen molar-refractivity contribution in [2.75, 3.05) is 7.05 Å². The number of carbonyl (C=O) groups excluding carboxylic acids is 3. The molecule has 38 heavy (non-hydrogen) atoms. The van der Waals surface area contributed by atoms with Gasteiger partial charge in [0.2, 0.25) is 17.7 Å². The van der Waals surface area contributed by atoms with Gasteiger partial charge in [-0.05, 0) is 61.1 Å². The molecular weight excluding hydrogens is 480 g/mol.